The smallest absolute Gasteiger partial charge is 0.177 e. The summed E-state index contributed by atoms with van der Waals surface area (Å²) in [5, 5.41) is 4.04. The summed E-state index contributed by atoms with van der Waals surface area (Å²) in [6.45, 7) is 6.48. The molecule has 0 N–H and O–H groups in total. The molecular weight excluding hydrogens is 360 g/mol. The third-order valence-electron chi connectivity index (χ3n) is 4.71. The normalized spacial score (nSPS) is 12.6. The van der Waals surface area contributed by atoms with E-state index in [1.807, 2.05) is 51.2 Å². The maximum Gasteiger partial charge on any atom is 0.177 e. The van der Waals surface area contributed by atoms with Gasteiger partial charge in [-0.3, -0.25) is 0 Å². The molecule has 0 bridgehead atoms. The van der Waals surface area contributed by atoms with Crippen molar-refractivity contribution in [3.05, 3.63) is 59.4 Å². The van der Waals surface area contributed by atoms with E-state index in [1.54, 1.807) is 6.26 Å². The van der Waals surface area contributed by atoms with Crippen LogP contribution in [0.5, 0.6) is 0 Å². The molecule has 4 aromatic rings. The van der Waals surface area contributed by atoms with Crippen LogP contribution in [0.25, 0.3) is 22.3 Å². The highest BCUT2D eigenvalue weighted by atomic mass is 32.2. The van der Waals surface area contributed by atoms with E-state index in [0.29, 0.717) is 12.2 Å². The van der Waals surface area contributed by atoms with Crippen LogP contribution < -0.4 is 0 Å². The number of aryl methyl sites for hydroxylation is 3. The van der Waals surface area contributed by atoms with Crippen LogP contribution in [0.4, 0.5) is 0 Å². The number of nitrogens with zero attached hydrogens (tertiary/aromatic N) is 4. The first-order valence-corrected chi connectivity index (χ1v) is 10.2. The number of imidazole rings is 1. The molecule has 7 heteroatoms. The third kappa shape index (κ3) is 3.24. The average Bonchev–Trinajstić information content (AvgIpc) is 3.14. The van der Waals surface area contributed by atoms with Crippen LogP contribution in [0.3, 0.4) is 0 Å². The summed E-state index contributed by atoms with van der Waals surface area (Å²) >= 11 is -0.971. The Hall–Kier alpha value is -2.64. The van der Waals surface area contributed by atoms with E-state index in [4.69, 9.17) is 4.52 Å². The lowest BCUT2D eigenvalue weighted by Crippen LogP contribution is -2.03. The number of fused-ring (bicyclic) bond motifs is 1. The minimum Gasteiger partial charge on any atom is -0.612 e. The lowest BCUT2D eigenvalue weighted by atomic mass is 10.1. The molecule has 27 heavy (non-hydrogen) atoms. The molecule has 1 unspecified atom stereocenters. The Morgan fingerprint density at radius 3 is 2.52 bits per heavy atom. The highest BCUT2D eigenvalue weighted by Gasteiger charge is 2.16. The third-order valence-corrected chi connectivity index (χ3v) is 5.65. The molecule has 0 amide bonds. The first-order valence-electron chi connectivity index (χ1n) is 8.62. The van der Waals surface area contributed by atoms with E-state index < -0.39 is 11.2 Å². The highest BCUT2D eigenvalue weighted by Crippen LogP contribution is 2.29. The molecule has 0 aliphatic rings. The standard InChI is InChI=1S/C20H20N4O2S/c1-12-19(13(2)26-23-12)16-9-18-20(21-10-16)22-14(3)24(18)11-15-5-7-17(8-6-15)27(4)25/h5-10H,11H2,1-4H3. The van der Waals surface area contributed by atoms with Crippen LogP contribution in [-0.4, -0.2) is 30.5 Å². The molecule has 0 saturated heterocycles. The van der Waals surface area contributed by atoms with Gasteiger partial charge in [0.15, 0.2) is 10.5 Å². The lowest BCUT2D eigenvalue weighted by Gasteiger charge is -2.09. The Balaban J connectivity index is 1.76. The summed E-state index contributed by atoms with van der Waals surface area (Å²) in [6.07, 6.45) is 3.50. The Bertz CT molecular complexity index is 1090. The summed E-state index contributed by atoms with van der Waals surface area (Å²) in [7, 11) is 0. The molecule has 3 heterocycles. The molecule has 138 valence electrons. The zero-order valence-corrected chi connectivity index (χ0v) is 16.5. The molecule has 0 aliphatic heterocycles. The molecule has 6 nitrogen and oxygen atoms in total. The number of hydrogen-bond acceptors (Lipinski definition) is 5. The molecule has 4 rings (SSSR count). The van der Waals surface area contributed by atoms with Crippen molar-refractivity contribution in [2.75, 3.05) is 6.26 Å². The predicted octanol–water partition coefficient (Wildman–Crippen LogP) is 3.80. The number of aromatic nitrogens is 4. The van der Waals surface area contributed by atoms with Crippen molar-refractivity contribution in [3.8, 4) is 11.1 Å². The second kappa shape index (κ2) is 6.83. The van der Waals surface area contributed by atoms with Crippen LogP contribution in [0, 0.1) is 20.8 Å². The number of benzene rings is 1. The van der Waals surface area contributed by atoms with Crippen LogP contribution in [-0.2, 0) is 17.7 Å². The molecular formula is C20H20N4O2S. The SMILES string of the molecule is Cc1noc(C)c1-c1cnc2nc(C)n(Cc3ccc([S+](C)[O-])cc3)c2c1. The second-order valence-corrected chi connectivity index (χ2v) is 7.99. The van der Waals surface area contributed by atoms with Gasteiger partial charge >= 0.3 is 0 Å². The second-order valence-electron chi connectivity index (χ2n) is 6.61. The Morgan fingerprint density at radius 1 is 1.15 bits per heavy atom. The summed E-state index contributed by atoms with van der Waals surface area (Å²) in [6, 6.07) is 9.92. The zero-order valence-electron chi connectivity index (χ0n) is 15.7. The van der Waals surface area contributed by atoms with E-state index >= 15 is 0 Å². The Morgan fingerprint density at radius 2 is 1.89 bits per heavy atom. The molecule has 3 aromatic heterocycles. The van der Waals surface area contributed by atoms with E-state index in [9.17, 15) is 4.55 Å². The van der Waals surface area contributed by atoms with Gasteiger partial charge in [-0.1, -0.05) is 17.3 Å². The van der Waals surface area contributed by atoms with Crippen molar-refractivity contribution in [2.24, 2.45) is 0 Å². The summed E-state index contributed by atoms with van der Waals surface area (Å²) < 4.78 is 19.0. The topological polar surface area (TPSA) is 79.8 Å². The quantitative estimate of drug-likeness (QED) is 0.503. The maximum atomic E-state index is 11.6. The fourth-order valence-corrected chi connectivity index (χ4v) is 3.84. The maximum absolute atomic E-state index is 11.6. The molecule has 1 aromatic carbocycles. The fraction of sp³-hybridized carbons (Fsp3) is 0.250. The van der Waals surface area contributed by atoms with Gasteiger partial charge in [-0.2, -0.15) is 0 Å². The van der Waals surface area contributed by atoms with E-state index in [-0.39, 0.29) is 0 Å². The van der Waals surface area contributed by atoms with Gasteiger partial charge in [-0.05, 0) is 55.7 Å². The van der Waals surface area contributed by atoms with Gasteiger partial charge in [-0.15, -0.1) is 0 Å². The molecule has 0 fully saturated rings. The summed E-state index contributed by atoms with van der Waals surface area (Å²) in [5.74, 6) is 1.68. The van der Waals surface area contributed by atoms with E-state index in [2.05, 4.69) is 25.8 Å². The van der Waals surface area contributed by atoms with Crippen molar-refractivity contribution in [1.29, 1.82) is 0 Å². The van der Waals surface area contributed by atoms with E-state index in [1.165, 1.54) is 0 Å². The van der Waals surface area contributed by atoms with Gasteiger partial charge in [0.05, 0.1) is 11.2 Å². The predicted molar refractivity (Wildman–Crippen MR) is 105 cm³/mol. The molecule has 0 aliphatic carbocycles. The first kappa shape index (κ1) is 17.8. The monoisotopic (exact) mass is 380 g/mol. The van der Waals surface area contributed by atoms with Gasteiger partial charge in [0, 0.05) is 23.9 Å². The van der Waals surface area contributed by atoms with Crippen molar-refractivity contribution < 1.29 is 9.08 Å². The highest BCUT2D eigenvalue weighted by molar-refractivity contribution is 7.90. The summed E-state index contributed by atoms with van der Waals surface area (Å²) in [4.78, 5) is 9.95. The van der Waals surface area contributed by atoms with Crippen molar-refractivity contribution >= 4 is 22.3 Å². The van der Waals surface area contributed by atoms with Crippen molar-refractivity contribution in [2.45, 2.75) is 32.2 Å². The molecule has 0 radical (unpaired) electrons. The first-order chi connectivity index (χ1) is 12.9. The van der Waals surface area contributed by atoms with Crippen molar-refractivity contribution in [3.63, 3.8) is 0 Å². The van der Waals surface area contributed by atoms with E-state index in [0.717, 1.165) is 44.4 Å². The molecule has 0 spiro atoms. The van der Waals surface area contributed by atoms with Crippen LogP contribution in [0.15, 0.2) is 45.9 Å². The minimum atomic E-state index is -0.971. The minimum absolute atomic E-state index is 0.672. The number of hydrogen-bond donors (Lipinski definition) is 0. The fourth-order valence-electron chi connectivity index (χ4n) is 3.32. The Labute approximate surface area is 160 Å². The van der Waals surface area contributed by atoms with Gasteiger partial charge in [0.1, 0.15) is 17.8 Å². The average molecular weight is 380 g/mol. The van der Waals surface area contributed by atoms with Crippen LogP contribution in [0.2, 0.25) is 0 Å². The Kier molecular flexibility index (Phi) is 4.49. The summed E-state index contributed by atoms with van der Waals surface area (Å²) in [5.41, 5.74) is 5.59. The van der Waals surface area contributed by atoms with Gasteiger partial charge in [0.2, 0.25) is 0 Å². The number of rotatable bonds is 4. The lowest BCUT2D eigenvalue weighted by molar-refractivity contribution is 0.393. The largest absolute Gasteiger partial charge is 0.612 e. The van der Waals surface area contributed by atoms with Crippen LogP contribution >= 0.6 is 0 Å². The van der Waals surface area contributed by atoms with Gasteiger partial charge < -0.3 is 13.6 Å². The van der Waals surface area contributed by atoms with Gasteiger partial charge in [-0.25, -0.2) is 9.97 Å². The zero-order chi connectivity index (χ0) is 19.1. The molecule has 0 saturated carbocycles. The van der Waals surface area contributed by atoms with Crippen LogP contribution in [0.1, 0.15) is 22.8 Å². The van der Waals surface area contributed by atoms with Gasteiger partial charge in [0.25, 0.3) is 0 Å². The molecule has 1 atom stereocenters. The van der Waals surface area contributed by atoms with Crippen molar-refractivity contribution in [1.82, 2.24) is 19.7 Å². The number of pyridine rings is 1.